The molecule has 1 fully saturated rings. The predicted octanol–water partition coefficient (Wildman–Crippen LogP) is -1.38. The van der Waals surface area contributed by atoms with E-state index in [0.29, 0.717) is 13.2 Å². The largest absolute Gasteiger partial charge is 0.480 e. The first-order chi connectivity index (χ1) is 9.74. The lowest BCUT2D eigenvalue weighted by Gasteiger charge is -2.20. The highest BCUT2D eigenvalue weighted by atomic mass is 32.2. The summed E-state index contributed by atoms with van der Waals surface area (Å²) in [4.78, 5) is 23.2. The minimum absolute atomic E-state index is 0.153. The Morgan fingerprint density at radius 2 is 2.05 bits per heavy atom. The van der Waals surface area contributed by atoms with Crippen LogP contribution in [0.4, 0.5) is 0 Å². The standard InChI is InChI=1S/C12H22N2O6S/c1-3-13-10-7-20-6-8(10)11(15)14-9(12(16)17)4-5-21(2,18)19/h8-10,13H,3-7H2,1-2H3,(H,14,15)(H,16,17). The molecule has 1 heterocycles. The Labute approximate surface area is 124 Å². The van der Waals surface area contributed by atoms with Gasteiger partial charge in [-0.25, -0.2) is 13.2 Å². The van der Waals surface area contributed by atoms with Crippen molar-refractivity contribution in [2.75, 3.05) is 31.8 Å². The van der Waals surface area contributed by atoms with Gasteiger partial charge < -0.3 is 20.5 Å². The number of amides is 1. The first kappa shape index (κ1) is 17.9. The van der Waals surface area contributed by atoms with Gasteiger partial charge in [-0.1, -0.05) is 6.92 Å². The van der Waals surface area contributed by atoms with E-state index in [0.717, 1.165) is 6.26 Å². The number of hydrogen-bond donors (Lipinski definition) is 3. The molecule has 8 nitrogen and oxygen atoms in total. The van der Waals surface area contributed by atoms with Gasteiger partial charge in [0.05, 0.1) is 24.9 Å². The second-order valence-corrected chi connectivity index (χ2v) is 7.39. The highest BCUT2D eigenvalue weighted by molar-refractivity contribution is 7.90. The number of carbonyl (C=O) groups excluding carboxylic acids is 1. The molecule has 0 aromatic carbocycles. The van der Waals surface area contributed by atoms with E-state index < -0.39 is 33.7 Å². The van der Waals surface area contributed by atoms with Crippen molar-refractivity contribution in [2.24, 2.45) is 5.92 Å². The van der Waals surface area contributed by atoms with Gasteiger partial charge in [0, 0.05) is 12.3 Å². The fourth-order valence-electron chi connectivity index (χ4n) is 2.14. The van der Waals surface area contributed by atoms with Gasteiger partial charge in [-0.15, -0.1) is 0 Å². The van der Waals surface area contributed by atoms with E-state index in [-0.39, 0.29) is 24.8 Å². The Morgan fingerprint density at radius 1 is 1.38 bits per heavy atom. The van der Waals surface area contributed by atoms with Gasteiger partial charge >= 0.3 is 5.97 Å². The van der Waals surface area contributed by atoms with Crippen LogP contribution in [0.2, 0.25) is 0 Å². The van der Waals surface area contributed by atoms with E-state index >= 15 is 0 Å². The Morgan fingerprint density at radius 3 is 2.57 bits per heavy atom. The number of carboxylic acid groups (broad SMARTS) is 1. The molecule has 21 heavy (non-hydrogen) atoms. The third-order valence-corrected chi connectivity index (χ3v) is 4.25. The summed E-state index contributed by atoms with van der Waals surface area (Å²) in [7, 11) is -3.28. The maximum atomic E-state index is 12.1. The fourth-order valence-corrected chi connectivity index (χ4v) is 2.81. The molecule has 0 aromatic rings. The minimum atomic E-state index is -3.28. The molecule has 9 heteroatoms. The average Bonchev–Trinajstić information content (AvgIpc) is 2.81. The van der Waals surface area contributed by atoms with Gasteiger partial charge in [0.2, 0.25) is 5.91 Å². The van der Waals surface area contributed by atoms with Gasteiger partial charge in [0.25, 0.3) is 0 Å². The molecule has 1 aliphatic heterocycles. The number of carboxylic acids is 1. The summed E-state index contributed by atoms with van der Waals surface area (Å²) in [5.74, 6) is -2.43. The molecule has 1 saturated heterocycles. The maximum Gasteiger partial charge on any atom is 0.326 e. The van der Waals surface area contributed by atoms with Crippen LogP contribution in [0.25, 0.3) is 0 Å². The Balaban J connectivity index is 2.61. The number of aliphatic carboxylic acids is 1. The number of hydrogen-bond acceptors (Lipinski definition) is 6. The van der Waals surface area contributed by atoms with Crippen molar-refractivity contribution < 1.29 is 27.9 Å². The maximum absolute atomic E-state index is 12.1. The van der Waals surface area contributed by atoms with Gasteiger partial charge in [-0.3, -0.25) is 4.79 Å². The van der Waals surface area contributed by atoms with Crippen LogP contribution in [0.5, 0.6) is 0 Å². The number of ether oxygens (including phenoxy) is 1. The van der Waals surface area contributed by atoms with Crippen LogP contribution in [-0.4, -0.2) is 69.3 Å². The smallest absolute Gasteiger partial charge is 0.326 e. The first-order valence-corrected chi connectivity index (χ1v) is 8.82. The van der Waals surface area contributed by atoms with E-state index in [1.807, 2.05) is 6.92 Å². The van der Waals surface area contributed by atoms with Crippen LogP contribution in [0.15, 0.2) is 0 Å². The molecule has 1 aliphatic rings. The van der Waals surface area contributed by atoms with Crippen molar-refractivity contribution in [2.45, 2.75) is 25.4 Å². The second-order valence-electron chi connectivity index (χ2n) is 5.13. The number of likely N-dealkylation sites (N-methyl/N-ethyl adjacent to an activating group) is 1. The van der Waals surface area contributed by atoms with E-state index in [9.17, 15) is 18.0 Å². The minimum Gasteiger partial charge on any atom is -0.480 e. The number of nitrogens with one attached hydrogen (secondary N) is 2. The molecule has 3 N–H and O–H groups in total. The molecule has 3 atom stereocenters. The van der Waals surface area contributed by atoms with Gasteiger partial charge in [0.1, 0.15) is 15.9 Å². The third-order valence-electron chi connectivity index (χ3n) is 3.28. The van der Waals surface area contributed by atoms with E-state index in [4.69, 9.17) is 9.84 Å². The van der Waals surface area contributed by atoms with Crippen molar-refractivity contribution in [3.63, 3.8) is 0 Å². The summed E-state index contributed by atoms with van der Waals surface area (Å²) in [6.45, 7) is 3.20. The SMILES string of the molecule is CCNC1COCC1C(=O)NC(CCS(C)(=O)=O)C(=O)O. The second kappa shape index (κ2) is 7.71. The van der Waals surface area contributed by atoms with Crippen LogP contribution in [0, 0.1) is 5.92 Å². The lowest BCUT2D eigenvalue weighted by Crippen LogP contribution is -2.49. The third kappa shape index (κ3) is 5.98. The summed E-state index contributed by atoms with van der Waals surface area (Å²) >= 11 is 0. The van der Waals surface area contributed by atoms with Crippen molar-refractivity contribution >= 4 is 21.7 Å². The zero-order valence-electron chi connectivity index (χ0n) is 12.2. The molecular formula is C12H22N2O6S. The molecule has 1 rings (SSSR count). The van der Waals surface area contributed by atoms with E-state index in [1.54, 1.807) is 0 Å². The van der Waals surface area contributed by atoms with Crippen LogP contribution in [-0.2, 0) is 24.2 Å². The normalized spacial score (nSPS) is 23.7. The van der Waals surface area contributed by atoms with Gasteiger partial charge in [0.15, 0.2) is 0 Å². The topological polar surface area (TPSA) is 122 Å². The van der Waals surface area contributed by atoms with E-state index in [1.165, 1.54) is 0 Å². The molecule has 1 amide bonds. The van der Waals surface area contributed by atoms with Crippen molar-refractivity contribution in [3.8, 4) is 0 Å². The molecule has 122 valence electrons. The molecule has 0 bridgehead atoms. The Bertz CT molecular complexity index is 478. The lowest BCUT2D eigenvalue weighted by molar-refractivity contribution is -0.142. The zero-order chi connectivity index (χ0) is 16.0. The molecule has 3 unspecified atom stereocenters. The van der Waals surface area contributed by atoms with Crippen molar-refractivity contribution in [1.82, 2.24) is 10.6 Å². The molecule has 0 spiro atoms. The monoisotopic (exact) mass is 322 g/mol. The van der Waals surface area contributed by atoms with Crippen molar-refractivity contribution in [3.05, 3.63) is 0 Å². The van der Waals surface area contributed by atoms with Crippen LogP contribution < -0.4 is 10.6 Å². The van der Waals surface area contributed by atoms with Crippen LogP contribution in [0.3, 0.4) is 0 Å². The number of carbonyl (C=O) groups is 2. The van der Waals surface area contributed by atoms with Crippen LogP contribution >= 0.6 is 0 Å². The Hall–Kier alpha value is -1.19. The molecule has 0 radical (unpaired) electrons. The average molecular weight is 322 g/mol. The number of rotatable bonds is 8. The Kier molecular flexibility index (Phi) is 6.56. The van der Waals surface area contributed by atoms with E-state index in [2.05, 4.69) is 10.6 Å². The lowest BCUT2D eigenvalue weighted by atomic mass is 10.0. The molecular weight excluding hydrogens is 300 g/mol. The summed E-state index contributed by atoms with van der Waals surface area (Å²) in [6.07, 6.45) is 0.874. The predicted molar refractivity (Wildman–Crippen MR) is 75.7 cm³/mol. The fraction of sp³-hybridized carbons (Fsp3) is 0.833. The van der Waals surface area contributed by atoms with Crippen molar-refractivity contribution in [1.29, 1.82) is 0 Å². The summed E-state index contributed by atoms with van der Waals surface area (Å²) in [5, 5.41) is 14.6. The highest BCUT2D eigenvalue weighted by Crippen LogP contribution is 2.14. The molecule has 0 aromatic heterocycles. The van der Waals surface area contributed by atoms with Gasteiger partial charge in [-0.2, -0.15) is 0 Å². The summed E-state index contributed by atoms with van der Waals surface area (Å²) in [5.41, 5.74) is 0. The zero-order valence-corrected chi connectivity index (χ0v) is 13.0. The first-order valence-electron chi connectivity index (χ1n) is 6.76. The molecule has 0 aliphatic carbocycles. The summed E-state index contributed by atoms with van der Waals surface area (Å²) < 4.78 is 27.4. The highest BCUT2D eigenvalue weighted by Gasteiger charge is 2.35. The van der Waals surface area contributed by atoms with Crippen LogP contribution in [0.1, 0.15) is 13.3 Å². The quantitative estimate of drug-likeness (QED) is 0.503. The van der Waals surface area contributed by atoms with Gasteiger partial charge in [-0.05, 0) is 13.0 Å². The number of sulfone groups is 1. The summed E-state index contributed by atoms with van der Waals surface area (Å²) in [6, 6.07) is -1.37. The molecule has 0 saturated carbocycles.